The quantitative estimate of drug-likeness (QED) is 0.643. The zero-order valence-corrected chi connectivity index (χ0v) is 14.5. The van der Waals surface area contributed by atoms with Crippen LogP contribution < -0.4 is 5.32 Å². The summed E-state index contributed by atoms with van der Waals surface area (Å²) < 4.78 is 5.22. The van der Waals surface area contributed by atoms with Crippen molar-refractivity contribution >= 4 is 23.3 Å². The molecule has 5 nitrogen and oxygen atoms in total. The van der Waals surface area contributed by atoms with Crippen LogP contribution in [0.4, 0.5) is 5.69 Å². The molecule has 5 heteroatoms. The minimum atomic E-state index is -0.899. The van der Waals surface area contributed by atoms with Crippen molar-refractivity contribution in [2.24, 2.45) is 5.92 Å². The van der Waals surface area contributed by atoms with E-state index in [4.69, 9.17) is 4.74 Å². The lowest BCUT2D eigenvalue weighted by Gasteiger charge is -2.13. The number of anilines is 1. The van der Waals surface area contributed by atoms with Gasteiger partial charge in [0.2, 0.25) is 11.7 Å². The molecular weight excluding hydrogens is 318 g/mol. The van der Waals surface area contributed by atoms with E-state index in [-0.39, 0.29) is 17.6 Å². The Hall–Kier alpha value is -2.95. The summed E-state index contributed by atoms with van der Waals surface area (Å²) >= 11 is 0. The van der Waals surface area contributed by atoms with E-state index in [0.717, 1.165) is 0 Å². The lowest BCUT2D eigenvalue weighted by molar-refractivity contribution is -0.118. The SMILES string of the molecule is CC(C)C(=O)Nc1ccc(C(=O)C(C)OC(=O)c2ccccc2)cc1. The fourth-order valence-electron chi connectivity index (χ4n) is 2.10. The van der Waals surface area contributed by atoms with Crippen LogP contribution in [0.5, 0.6) is 0 Å². The third-order valence-electron chi connectivity index (χ3n) is 3.62. The first-order valence-corrected chi connectivity index (χ1v) is 8.09. The lowest BCUT2D eigenvalue weighted by Crippen LogP contribution is -2.24. The van der Waals surface area contributed by atoms with Crippen molar-refractivity contribution in [2.75, 3.05) is 5.32 Å². The molecule has 0 fully saturated rings. The third kappa shape index (κ3) is 5.01. The first-order chi connectivity index (χ1) is 11.9. The Morgan fingerprint density at radius 3 is 2.00 bits per heavy atom. The number of rotatable bonds is 6. The average molecular weight is 339 g/mol. The lowest BCUT2D eigenvalue weighted by atomic mass is 10.1. The largest absolute Gasteiger partial charge is 0.451 e. The summed E-state index contributed by atoms with van der Waals surface area (Å²) in [7, 11) is 0. The van der Waals surface area contributed by atoms with Crippen molar-refractivity contribution in [2.45, 2.75) is 26.9 Å². The van der Waals surface area contributed by atoms with Crippen LogP contribution in [0.1, 0.15) is 41.5 Å². The third-order valence-corrected chi connectivity index (χ3v) is 3.62. The van der Waals surface area contributed by atoms with Crippen LogP contribution in [0.25, 0.3) is 0 Å². The van der Waals surface area contributed by atoms with Gasteiger partial charge in [-0.05, 0) is 43.3 Å². The molecule has 0 aliphatic rings. The Balaban J connectivity index is 1.99. The van der Waals surface area contributed by atoms with Gasteiger partial charge in [-0.15, -0.1) is 0 Å². The van der Waals surface area contributed by atoms with Crippen molar-refractivity contribution in [1.82, 2.24) is 0 Å². The highest BCUT2D eigenvalue weighted by molar-refractivity contribution is 6.02. The maximum Gasteiger partial charge on any atom is 0.338 e. The Labute approximate surface area is 147 Å². The van der Waals surface area contributed by atoms with E-state index in [0.29, 0.717) is 16.8 Å². The summed E-state index contributed by atoms with van der Waals surface area (Å²) in [6, 6.07) is 15.0. The molecule has 1 unspecified atom stereocenters. The number of esters is 1. The van der Waals surface area contributed by atoms with E-state index >= 15 is 0 Å². The molecule has 0 saturated carbocycles. The summed E-state index contributed by atoms with van der Waals surface area (Å²) in [4.78, 5) is 36.1. The number of carbonyl (C=O) groups excluding carboxylic acids is 3. The molecule has 2 rings (SSSR count). The molecule has 0 heterocycles. The van der Waals surface area contributed by atoms with E-state index in [1.165, 1.54) is 6.92 Å². The fourth-order valence-corrected chi connectivity index (χ4v) is 2.10. The summed E-state index contributed by atoms with van der Waals surface area (Å²) in [6.45, 7) is 5.14. The van der Waals surface area contributed by atoms with Crippen LogP contribution in [0, 0.1) is 5.92 Å². The second-order valence-electron chi connectivity index (χ2n) is 6.00. The fraction of sp³-hybridized carbons (Fsp3) is 0.250. The summed E-state index contributed by atoms with van der Waals surface area (Å²) in [6.07, 6.45) is -0.899. The topological polar surface area (TPSA) is 72.5 Å². The van der Waals surface area contributed by atoms with Crippen molar-refractivity contribution in [3.8, 4) is 0 Å². The van der Waals surface area contributed by atoms with Crippen LogP contribution in [0.2, 0.25) is 0 Å². The number of hydrogen-bond donors (Lipinski definition) is 1. The minimum Gasteiger partial charge on any atom is -0.451 e. The smallest absolute Gasteiger partial charge is 0.338 e. The average Bonchev–Trinajstić information content (AvgIpc) is 2.62. The zero-order chi connectivity index (χ0) is 18.4. The first kappa shape index (κ1) is 18.4. The molecule has 2 aromatic rings. The van der Waals surface area contributed by atoms with E-state index in [1.54, 1.807) is 68.4 Å². The van der Waals surface area contributed by atoms with Gasteiger partial charge in [-0.3, -0.25) is 9.59 Å². The van der Waals surface area contributed by atoms with Crippen LogP contribution in [0.3, 0.4) is 0 Å². The maximum absolute atomic E-state index is 12.4. The highest BCUT2D eigenvalue weighted by Crippen LogP contribution is 2.14. The highest BCUT2D eigenvalue weighted by atomic mass is 16.5. The number of carbonyl (C=O) groups is 3. The Kier molecular flexibility index (Phi) is 6.06. The van der Waals surface area contributed by atoms with Crippen molar-refractivity contribution < 1.29 is 19.1 Å². The van der Waals surface area contributed by atoms with Gasteiger partial charge in [-0.25, -0.2) is 4.79 Å². The number of nitrogens with one attached hydrogen (secondary N) is 1. The van der Waals surface area contributed by atoms with Crippen LogP contribution >= 0.6 is 0 Å². The van der Waals surface area contributed by atoms with Gasteiger partial charge < -0.3 is 10.1 Å². The van der Waals surface area contributed by atoms with Crippen LogP contribution in [-0.4, -0.2) is 23.8 Å². The van der Waals surface area contributed by atoms with Gasteiger partial charge in [0.1, 0.15) is 0 Å². The van der Waals surface area contributed by atoms with Gasteiger partial charge in [-0.2, -0.15) is 0 Å². The van der Waals surface area contributed by atoms with Gasteiger partial charge in [0.05, 0.1) is 5.56 Å². The molecule has 0 aromatic heterocycles. The molecule has 1 atom stereocenters. The zero-order valence-electron chi connectivity index (χ0n) is 14.5. The van der Waals surface area contributed by atoms with Gasteiger partial charge >= 0.3 is 5.97 Å². The van der Waals surface area contributed by atoms with Gasteiger partial charge in [0, 0.05) is 17.2 Å². The second kappa shape index (κ2) is 8.24. The van der Waals surface area contributed by atoms with Crippen LogP contribution in [-0.2, 0) is 9.53 Å². The van der Waals surface area contributed by atoms with E-state index < -0.39 is 12.1 Å². The summed E-state index contributed by atoms with van der Waals surface area (Å²) in [5.41, 5.74) is 1.42. The monoisotopic (exact) mass is 339 g/mol. The van der Waals surface area contributed by atoms with Crippen molar-refractivity contribution in [3.05, 3.63) is 65.7 Å². The molecule has 0 aliphatic heterocycles. The number of benzene rings is 2. The highest BCUT2D eigenvalue weighted by Gasteiger charge is 2.20. The van der Waals surface area contributed by atoms with Crippen molar-refractivity contribution in [3.63, 3.8) is 0 Å². The van der Waals surface area contributed by atoms with Gasteiger partial charge in [0.15, 0.2) is 6.10 Å². The number of Topliss-reactive ketones (excluding diaryl/α,β-unsaturated/α-hetero) is 1. The van der Waals surface area contributed by atoms with Gasteiger partial charge in [-0.1, -0.05) is 32.0 Å². The minimum absolute atomic E-state index is 0.0933. The molecule has 0 saturated heterocycles. The molecule has 2 aromatic carbocycles. The van der Waals surface area contributed by atoms with Crippen LogP contribution in [0.15, 0.2) is 54.6 Å². The summed E-state index contributed by atoms with van der Waals surface area (Å²) in [5, 5.41) is 2.75. The molecular formula is C20H21NO4. The van der Waals surface area contributed by atoms with Crippen molar-refractivity contribution in [1.29, 1.82) is 0 Å². The molecule has 0 aliphatic carbocycles. The van der Waals surface area contributed by atoms with E-state index in [2.05, 4.69) is 5.32 Å². The first-order valence-electron chi connectivity index (χ1n) is 8.09. The van der Waals surface area contributed by atoms with E-state index in [9.17, 15) is 14.4 Å². The number of ether oxygens (including phenoxy) is 1. The second-order valence-corrected chi connectivity index (χ2v) is 6.00. The standard InChI is InChI=1S/C20H21NO4/c1-13(2)19(23)21-17-11-9-15(10-12-17)18(22)14(3)25-20(24)16-7-5-4-6-8-16/h4-14H,1-3H3,(H,21,23). The molecule has 25 heavy (non-hydrogen) atoms. The molecule has 1 amide bonds. The Morgan fingerprint density at radius 2 is 1.44 bits per heavy atom. The predicted molar refractivity (Wildman–Crippen MR) is 95.6 cm³/mol. The predicted octanol–water partition coefficient (Wildman–Crippen LogP) is 3.71. The Morgan fingerprint density at radius 1 is 0.840 bits per heavy atom. The molecule has 130 valence electrons. The van der Waals surface area contributed by atoms with Gasteiger partial charge in [0.25, 0.3) is 0 Å². The molecule has 0 spiro atoms. The van der Waals surface area contributed by atoms with E-state index in [1.807, 2.05) is 0 Å². The molecule has 0 radical (unpaired) electrons. The Bertz CT molecular complexity index is 751. The number of ketones is 1. The molecule has 0 bridgehead atoms. The number of hydrogen-bond acceptors (Lipinski definition) is 4. The normalized spacial score (nSPS) is 11.7. The molecule has 1 N–H and O–H groups in total. The summed E-state index contributed by atoms with van der Waals surface area (Å²) in [5.74, 6) is -1.06. The maximum atomic E-state index is 12.4. The number of amides is 1.